The normalized spacial score (nSPS) is 10.8. The minimum atomic E-state index is -0.332. The molecule has 0 unspecified atom stereocenters. The standard InChI is InChI=1S/C15H9Cl5O/c1-6-4-3-5-7(2)8(6)15(21)9-10(16)12(18)14(20)13(19)11(9)17/h3-5H,1-2H3. The average molecular weight is 383 g/mol. The Morgan fingerprint density at radius 2 is 1.10 bits per heavy atom. The SMILES string of the molecule is Cc1cccc(C)c1C(=O)c1c(Cl)c(Cl)c(Cl)c(Cl)c1Cl. The number of halogens is 5. The molecule has 2 aromatic rings. The number of hydrogen-bond acceptors (Lipinski definition) is 1. The second-order valence-electron chi connectivity index (χ2n) is 4.54. The van der Waals surface area contributed by atoms with E-state index in [0.29, 0.717) is 5.56 Å². The number of carbonyl (C=O) groups excluding carboxylic acids is 1. The molecule has 0 aromatic heterocycles. The topological polar surface area (TPSA) is 17.1 Å². The van der Waals surface area contributed by atoms with Crippen molar-refractivity contribution in [1.82, 2.24) is 0 Å². The minimum absolute atomic E-state index is 0.00344. The van der Waals surface area contributed by atoms with Crippen LogP contribution in [-0.2, 0) is 0 Å². The highest BCUT2D eigenvalue weighted by Gasteiger charge is 2.26. The third-order valence-corrected chi connectivity index (χ3v) is 5.42. The smallest absolute Gasteiger partial charge is 0.196 e. The maximum Gasteiger partial charge on any atom is 0.196 e. The van der Waals surface area contributed by atoms with E-state index in [0.717, 1.165) is 11.1 Å². The van der Waals surface area contributed by atoms with E-state index in [1.54, 1.807) is 0 Å². The van der Waals surface area contributed by atoms with Crippen LogP contribution < -0.4 is 0 Å². The molecule has 110 valence electrons. The molecule has 2 aromatic carbocycles. The van der Waals surface area contributed by atoms with E-state index < -0.39 is 0 Å². The van der Waals surface area contributed by atoms with Crippen molar-refractivity contribution in [2.45, 2.75) is 13.8 Å². The summed E-state index contributed by atoms with van der Waals surface area (Å²) >= 11 is 30.2. The molecule has 0 aliphatic rings. The van der Waals surface area contributed by atoms with E-state index in [-0.39, 0.29) is 36.5 Å². The molecule has 0 atom stereocenters. The van der Waals surface area contributed by atoms with Crippen molar-refractivity contribution in [3.05, 3.63) is 65.6 Å². The lowest BCUT2D eigenvalue weighted by atomic mass is 9.95. The molecule has 0 aliphatic heterocycles. The molecule has 0 spiro atoms. The predicted molar refractivity (Wildman–Crippen MR) is 90.8 cm³/mol. The Balaban J connectivity index is 2.77. The fraction of sp³-hybridized carbons (Fsp3) is 0.133. The molecule has 6 heteroatoms. The fourth-order valence-corrected chi connectivity index (χ4v) is 3.41. The highest BCUT2D eigenvalue weighted by Crippen LogP contribution is 2.44. The third-order valence-electron chi connectivity index (χ3n) is 3.15. The van der Waals surface area contributed by atoms with Gasteiger partial charge in [0.25, 0.3) is 0 Å². The summed E-state index contributed by atoms with van der Waals surface area (Å²) in [7, 11) is 0. The van der Waals surface area contributed by atoms with Gasteiger partial charge in [-0.1, -0.05) is 76.2 Å². The molecule has 0 aliphatic carbocycles. The lowest BCUT2D eigenvalue weighted by Crippen LogP contribution is -2.08. The van der Waals surface area contributed by atoms with Crippen molar-refractivity contribution in [2.75, 3.05) is 0 Å². The quantitative estimate of drug-likeness (QED) is 0.317. The van der Waals surface area contributed by atoms with Crippen LogP contribution in [0.3, 0.4) is 0 Å². The molecule has 0 amide bonds. The first-order valence-corrected chi connectivity index (χ1v) is 7.78. The van der Waals surface area contributed by atoms with Gasteiger partial charge in [0.2, 0.25) is 0 Å². The number of ketones is 1. The van der Waals surface area contributed by atoms with Gasteiger partial charge in [0.1, 0.15) is 0 Å². The van der Waals surface area contributed by atoms with Gasteiger partial charge < -0.3 is 0 Å². The largest absolute Gasteiger partial charge is 0.288 e. The number of rotatable bonds is 2. The van der Waals surface area contributed by atoms with Crippen LogP contribution in [0.2, 0.25) is 25.1 Å². The monoisotopic (exact) mass is 380 g/mol. The number of carbonyl (C=O) groups is 1. The zero-order valence-electron chi connectivity index (χ0n) is 11.0. The first-order chi connectivity index (χ1) is 9.77. The summed E-state index contributed by atoms with van der Waals surface area (Å²) in [5.41, 5.74) is 2.22. The first kappa shape index (κ1) is 16.9. The maximum absolute atomic E-state index is 12.8. The van der Waals surface area contributed by atoms with Gasteiger partial charge in [-0.2, -0.15) is 0 Å². The highest BCUT2D eigenvalue weighted by molar-refractivity contribution is 6.56. The summed E-state index contributed by atoms with van der Waals surface area (Å²) in [5.74, 6) is -0.332. The lowest BCUT2D eigenvalue weighted by molar-refractivity contribution is 0.103. The second kappa shape index (κ2) is 6.36. The minimum Gasteiger partial charge on any atom is -0.288 e. The van der Waals surface area contributed by atoms with E-state index >= 15 is 0 Å². The summed E-state index contributed by atoms with van der Waals surface area (Å²) in [6.45, 7) is 3.67. The van der Waals surface area contributed by atoms with E-state index in [1.165, 1.54) is 0 Å². The molecule has 21 heavy (non-hydrogen) atoms. The fourth-order valence-electron chi connectivity index (χ4n) is 2.10. The summed E-state index contributed by atoms with van der Waals surface area (Å²) in [4.78, 5) is 12.8. The molecule has 0 saturated carbocycles. The zero-order valence-corrected chi connectivity index (χ0v) is 14.8. The predicted octanol–water partition coefficient (Wildman–Crippen LogP) is 6.80. The van der Waals surface area contributed by atoms with Crippen molar-refractivity contribution < 1.29 is 4.79 Å². The molecule has 1 nitrogen and oxygen atoms in total. The van der Waals surface area contributed by atoms with Crippen LogP contribution in [-0.4, -0.2) is 5.78 Å². The van der Waals surface area contributed by atoms with Gasteiger partial charge in [0.05, 0.1) is 30.7 Å². The number of hydrogen-bond donors (Lipinski definition) is 0. The van der Waals surface area contributed by atoms with Gasteiger partial charge in [0, 0.05) is 5.56 Å². The van der Waals surface area contributed by atoms with Crippen molar-refractivity contribution in [3.63, 3.8) is 0 Å². The molecule has 0 fully saturated rings. The summed E-state index contributed by atoms with van der Waals surface area (Å²) in [6, 6.07) is 5.54. The molecule has 2 rings (SSSR count). The first-order valence-electron chi connectivity index (χ1n) is 5.89. The van der Waals surface area contributed by atoms with E-state index in [1.807, 2.05) is 32.0 Å². The van der Waals surface area contributed by atoms with Gasteiger partial charge in [-0.15, -0.1) is 0 Å². The Morgan fingerprint density at radius 3 is 1.52 bits per heavy atom. The van der Waals surface area contributed by atoms with Crippen LogP contribution in [0.4, 0.5) is 0 Å². The third kappa shape index (κ3) is 2.91. The molecular formula is C15H9Cl5O. The Hall–Kier alpha value is -0.440. The van der Waals surface area contributed by atoms with Gasteiger partial charge >= 0.3 is 0 Å². The molecule has 0 radical (unpaired) electrons. The van der Waals surface area contributed by atoms with Crippen molar-refractivity contribution in [3.8, 4) is 0 Å². The summed E-state index contributed by atoms with van der Waals surface area (Å²) < 4.78 is 0. The average Bonchev–Trinajstić information content (AvgIpc) is 2.43. The van der Waals surface area contributed by atoms with Crippen LogP contribution >= 0.6 is 58.0 Å². The van der Waals surface area contributed by atoms with Crippen LogP contribution in [0.15, 0.2) is 18.2 Å². The van der Waals surface area contributed by atoms with E-state index in [2.05, 4.69) is 0 Å². The van der Waals surface area contributed by atoms with Crippen molar-refractivity contribution in [1.29, 1.82) is 0 Å². The zero-order chi connectivity index (χ0) is 15.9. The van der Waals surface area contributed by atoms with E-state index in [9.17, 15) is 4.79 Å². The Labute approximate surface area is 147 Å². The Bertz CT molecular complexity index is 703. The van der Waals surface area contributed by atoms with E-state index in [4.69, 9.17) is 58.0 Å². The van der Waals surface area contributed by atoms with Crippen LogP contribution in [0, 0.1) is 13.8 Å². The second-order valence-corrected chi connectivity index (χ2v) is 6.43. The summed E-state index contributed by atoms with van der Waals surface area (Å²) in [5, 5.41) is 0.0727. The molecule has 0 heterocycles. The lowest BCUT2D eigenvalue weighted by Gasteiger charge is -2.14. The summed E-state index contributed by atoms with van der Waals surface area (Å²) in [6.07, 6.45) is 0. The Kier molecular flexibility index (Phi) is 5.12. The van der Waals surface area contributed by atoms with Gasteiger partial charge in [-0.25, -0.2) is 0 Å². The van der Waals surface area contributed by atoms with Gasteiger partial charge in [-0.05, 0) is 25.0 Å². The highest BCUT2D eigenvalue weighted by atomic mass is 35.5. The van der Waals surface area contributed by atoms with Crippen LogP contribution in [0.25, 0.3) is 0 Å². The molecular weight excluding hydrogens is 373 g/mol. The van der Waals surface area contributed by atoms with Crippen molar-refractivity contribution in [2.24, 2.45) is 0 Å². The Morgan fingerprint density at radius 1 is 0.714 bits per heavy atom. The number of benzene rings is 2. The van der Waals surface area contributed by atoms with Crippen molar-refractivity contribution >= 4 is 63.8 Å². The maximum atomic E-state index is 12.8. The van der Waals surface area contributed by atoms with Gasteiger partial charge in [0.15, 0.2) is 5.78 Å². The molecule has 0 N–H and O–H groups in total. The van der Waals surface area contributed by atoms with Crippen LogP contribution in [0.1, 0.15) is 27.0 Å². The molecule has 0 bridgehead atoms. The van der Waals surface area contributed by atoms with Crippen LogP contribution in [0.5, 0.6) is 0 Å². The number of aryl methyl sites for hydroxylation is 2. The van der Waals surface area contributed by atoms with Gasteiger partial charge in [-0.3, -0.25) is 4.79 Å². The molecule has 0 saturated heterocycles.